The minimum atomic E-state index is -3.22. The van der Waals surface area contributed by atoms with Gasteiger partial charge in [-0.3, -0.25) is 0 Å². The molecule has 0 saturated heterocycles. The fraction of sp³-hybridized carbons (Fsp3) is 0.571. The normalized spacial score (nSPS) is 14.6. The van der Waals surface area contributed by atoms with Gasteiger partial charge in [0.2, 0.25) is 0 Å². The molecule has 0 bridgehead atoms. The Labute approximate surface area is 130 Å². The van der Waals surface area contributed by atoms with E-state index >= 15 is 0 Å². The maximum atomic E-state index is 12.0. The maximum Gasteiger partial charge on any atom is 0.160 e. The van der Waals surface area contributed by atoms with Gasteiger partial charge in [-0.25, -0.2) is 18.4 Å². The lowest BCUT2D eigenvalue weighted by molar-refractivity contribution is 0.498. The number of aryl methyl sites for hydroxylation is 1. The summed E-state index contributed by atoms with van der Waals surface area (Å²) in [5.74, 6) is 0.644. The molecule has 0 aromatic carbocycles. The maximum absolute atomic E-state index is 12.0. The topological polar surface area (TPSA) is 64.8 Å². The van der Waals surface area contributed by atoms with Crippen LogP contribution in [-0.4, -0.2) is 34.0 Å². The van der Waals surface area contributed by atoms with Gasteiger partial charge in [0, 0.05) is 19.0 Å². The predicted molar refractivity (Wildman–Crippen MR) is 85.5 cm³/mol. The summed E-state index contributed by atoms with van der Waals surface area (Å²) in [5, 5.41) is -0.325. The number of aromatic nitrogens is 3. The molecular formula is C14H20ClN3O2S. The van der Waals surface area contributed by atoms with Crippen LogP contribution in [0, 0.1) is 6.92 Å². The highest BCUT2D eigenvalue weighted by Gasteiger charge is 2.33. The molecule has 0 spiro atoms. The van der Waals surface area contributed by atoms with Crippen molar-refractivity contribution >= 4 is 32.6 Å². The van der Waals surface area contributed by atoms with Gasteiger partial charge < -0.3 is 4.57 Å². The molecule has 2 heterocycles. The Morgan fingerprint density at radius 3 is 2.57 bits per heavy atom. The molecule has 21 heavy (non-hydrogen) atoms. The van der Waals surface area contributed by atoms with Gasteiger partial charge in [0.25, 0.3) is 0 Å². The summed E-state index contributed by atoms with van der Waals surface area (Å²) in [5.41, 5.74) is 2.44. The Kier molecular flexibility index (Phi) is 4.06. The fourth-order valence-corrected chi connectivity index (χ4v) is 2.64. The number of pyridine rings is 1. The molecule has 5 nitrogen and oxygen atoms in total. The van der Waals surface area contributed by atoms with Crippen LogP contribution in [0.15, 0.2) is 12.3 Å². The van der Waals surface area contributed by atoms with Gasteiger partial charge in [-0.1, -0.05) is 0 Å². The second-order valence-electron chi connectivity index (χ2n) is 6.00. The van der Waals surface area contributed by atoms with Crippen molar-refractivity contribution in [2.24, 2.45) is 0 Å². The molecule has 0 radical (unpaired) electrons. The van der Waals surface area contributed by atoms with Crippen LogP contribution in [0.3, 0.4) is 0 Å². The van der Waals surface area contributed by atoms with Crippen LogP contribution in [0.1, 0.15) is 37.5 Å². The predicted octanol–water partition coefficient (Wildman–Crippen LogP) is 2.86. The Hall–Kier alpha value is -1.14. The molecule has 2 aromatic heterocycles. The Bertz CT molecular complexity index is 779. The van der Waals surface area contributed by atoms with Gasteiger partial charge in [0.05, 0.1) is 10.1 Å². The summed E-state index contributed by atoms with van der Waals surface area (Å²) in [6, 6.07) is 1.88. The van der Waals surface area contributed by atoms with Crippen LogP contribution >= 0.6 is 11.6 Å². The Balaban J connectivity index is 2.68. The van der Waals surface area contributed by atoms with E-state index in [0.717, 1.165) is 11.1 Å². The lowest BCUT2D eigenvalue weighted by atomic mass is 10.2. The molecule has 2 aromatic rings. The van der Waals surface area contributed by atoms with Gasteiger partial charge in [0.1, 0.15) is 11.3 Å². The first-order valence-electron chi connectivity index (χ1n) is 6.70. The van der Waals surface area contributed by atoms with Crippen LogP contribution < -0.4 is 0 Å². The summed E-state index contributed by atoms with van der Waals surface area (Å²) in [4.78, 5) is 8.91. The van der Waals surface area contributed by atoms with Crippen molar-refractivity contribution in [3.05, 3.63) is 23.7 Å². The highest BCUT2D eigenvalue weighted by atomic mass is 35.5. The third kappa shape index (κ3) is 2.92. The molecule has 0 aliphatic rings. The summed E-state index contributed by atoms with van der Waals surface area (Å²) in [6.45, 7) is 7.44. The first kappa shape index (κ1) is 16.2. The molecule has 0 amide bonds. The smallest absolute Gasteiger partial charge is 0.160 e. The minimum absolute atomic E-state index is 0.269. The molecule has 0 aliphatic carbocycles. The third-order valence-corrected chi connectivity index (χ3v) is 6.10. The lowest BCUT2D eigenvalue weighted by Gasteiger charge is -2.24. The van der Waals surface area contributed by atoms with Gasteiger partial charge in [-0.05, 0) is 39.3 Å². The zero-order valence-electron chi connectivity index (χ0n) is 12.9. The van der Waals surface area contributed by atoms with Gasteiger partial charge in [0.15, 0.2) is 15.5 Å². The Morgan fingerprint density at radius 2 is 2.05 bits per heavy atom. The van der Waals surface area contributed by atoms with E-state index < -0.39 is 14.6 Å². The highest BCUT2D eigenvalue weighted by molar-refractivity contribution is 7.92. The average molecular weight is 330 g/mol. The molecular weight excluding hydrogens is 310 g/mol. The van der Waals surface area contributed by atoms with Gasteiger partial charge in [-0.15, -0.1) is 11.6 Å². The molecule has 7 heteroatoms. The first-order valence-corrected chi connectivity index (χ1v) is 9.03. The van der Waals surface area contributed by atoms with E-state index in [1.54, 1.807) is 20.0 Å². The highest BCUT2D eigenvalue weighted by Crippen LogP contribution is 2.28. The Morgan fingerprint density at radius 1 is 1.43 bits per heavy atom. The van der Waals surface area contributed by atoms with Gasteiger partial charge >= 0.3 is 0 Å². The van der Waals surface area contributed by atoms with E-state index in [2.05, 4.69) is 9.97 Å². The number of nitrogens with zero attached hydrogens (tertiary/aromatic N) is 3. The summed E-state index contributed by atoms with van der Waals surface area (Å²) in [7, 11) is -3.22. The first-order chi connectivity index (χ1) is 9.54. The van der Waals surface area contributed by atoms with E-state index in [1.165, 1.54) is 6.26 Å². The van der Waals surface area contributed by atoms with Crippen molar-refractivity contribution in [1.82, 2.24) is 14.5 Å². The number of hydrogen-bond acceptors (Lipinski definition) is 4. The fourth-order valence-electron chi connectivity index (χ4n) is 2.11. The second kappa shape index (κ2) is 5.25. The third-order valence-electron chi connectivity index (χ3n) is 3.76. The summed E-state index contributed by atoms with van der Waals surface area (Å²) < 4.78 is 24.8. The number of fused-ring (bicyclic) bond motifs is 1. The molecule has 0 N–H and O–H groups in total. The van der Waals surface area contributed by atoms with Crippen LogP contribution in [0.2, 0.25) is 0 Å². The van der Waals surface area contributed by atoms with Crippen molar-refractivity contribution < 1.29 is 8.42 Å². The lowest BCUT2D eigenvalue weighted by Crippen LogP contribution is -2.36. The van der Waals surface area contributed by atoms with Crippen molar-refractivity contribution in [3.8, 4) is 0 Å². The van der Waals surface area contributed by atoms with Crippen LogP contribution in [-0.2, 0) is 16.4 Å². The van der Waals surface area contributed by atoms with Crippen molar-refractivity contribution in [2.75, 3.05) is 6.26 Å². The standard InChI is InChI=1S/C14H20ClN3O2S/c1-9-6-7-16-13-11(9)17-12(10(2)15)18(13)8-14(3,4)21(5,19)20/h6-7,10H,8H2,1-5H3. The zero-order valence-corrected chi connectivity index (χ0v) is 14.5. The number of sulfone groups is 1. The second-order valence-corrected chi connectivity index (χ2v) is 9.31. The van der Waals surface area contributed by atoms with Crippen molar-refractivity contribution in [3.63, 3.8) is 0 Å². The van der Waals surface area contributed by atoms with Crippen molar-refractivity contribution in [2.45, 2.75) is 44.4 Å². The molecule has 0 fully saturated rings. The summed E-state index contributed by atoms with van der Waals surface area (Å²) in [6.07, 6.45) is 2.95. The van der Waals surface area contributed by atoms with E-state index in [1.807, 2.05) is 24.5 Å². The zero-order chi connectivity index (χ0) is 16.0. The summed E-state index contributed by atoms with van der Waals surface area (Å²) >= 11 is 6.21. The quantitative estimate of drug-likeness (QED) is 0.809. The van der Waals surface area contributed by atoms with E-state index in [-0.39, 0.29) is 11.9 Å². The SMILES string of the molecule is Cc1ccnc2c1nc(C(C)Cl)n2CC(C)(C)S(C)(=O)=O. The molecule has 116 valence electrons. The molecule has 1 unspecified atom stereocenters. The molecule has 2 rings (SSSR count). The molecule has 0 aliphatic heterocycles. The van der Waals surface area contributed by atoms with E-state index in [4.69, 9.17) is 11.6 Å². The van der Waals surface area contributed by atoms with Crippen molar-refractivity contribution in [1.29, 1.82) is 0 Å². The number of hydrogen-bond donors (Lipinski definition) is 0. The number of imidazole rings is 1. The van der Waals surface area contributed by atoms with Crippen LogP contribution in [0.4, 0.5) is 0 Å². The number of alkyl halides is 1. The van der Waals surface area contributed by atoms with Crippen LogP contribution in [0.25, 0.3) is 11.2 Å². The van der Waals surface area contributed by atoms with E-state index in [0.29, 0.717) is 11.5 Å². The van der Waals surface area contributed by atoms with Gasteiger partial charge in [-0.2, -0.15) is 0 Å². The average Bonchev–Trinajstić information content (AvgIpc) is 2.68. The number of rotatable bonds is 4. The van der Waals surface area contributed by atoms with Crippen LogP contribution in [0.5, 0.6) is 0 Å². The largest absolute Gasteiger partial charge is 0.310 e. The van der Waals surface area contributed by atoms with E-state index in [9.17, 15) is 8.42 Å². The molecule has 0 saturated carbocycles. The minimum Gasteiger partial charge on any atom is -0.310 e. The molecule has 1 atom stereocenters. The monoisotopic (exact) mass is 329 g/mol. The number of halogens is 1.